The van der Waals surface area contributed by atoms with E-state index in [9.17, 15) is 9.59 Å². The first-order valence-electron chi connectivity index (χ1n) is 5.12. The first kappa shape index (κ1) is 13.7. The quantitative estimate of drug-likeness (QED) is 0.699. The average Bonchev–Trinajstić information content (AvgIpc) is 2.11. The molecule has 88 valence electrons. The molecule has 0 aromatic rings. The Balaban J connectivity index is 4.25. The summed E-state index contributed by atoms with van der Waals surface area (Å²) in [7, 11) is 0. The van der Waals surface area contributed by atoms with Crippen LogP contribution >= 0.6 is 0 Å². The van der Waals surface area contributed by atoms with Gasteiger partial charge < -0.3 is 15.8 Å². The minimum Gasteiger partial charge on any atom is -0.442 e. The number of carbonyl (C=O) groups excluding carboxylic acids is 2. The van der Waals surface area contributed by atoms with Crippen LogP contribution in [0.15, 0.2) is 0 Å². The van der Waals surface area contributed by atoms with E-state index in [2.05, 4.69) is 5.32 Å². The third-order valence-electron chi connectivity index (χ3n) is 2.12. The van der Waals surface area contributed by atoms with Gasteiger partial charge in [-0.15, -0.1) is 0 Å². The molecule has 0 aromatic carbocycles. The molecule has 0 radical (unpaired) electrons. The SMILES string of the molecule is CCCCC(C)(CNC(C)=O)OC(N)=O. The van der Waals surface area contributed by atoms with Crippen LogP contribution < -0.4 is 11.1 Å². The maximum Gasteiger partial charge on any atom is 0.405 e. The molecule has 0 fully saturated rings. The number of hydrogen-bond acceptors (Lipinski definition) is 3. The molecular weight excluding hydrogens is 196 g/mol. The third kappa shape index (κ3) is 6.76. The van der Waals surface area contributed by atoms with E-state index < -0.39 is 11.7 Å². The Morgan fingerprint density at radius 2 is 2.07 bits per heavy atom. The fourth-order valence-electron chi connectivity index (χ4n) is 1.28. The summed E-state index contributed by atoms with van der Waals surface area (Å²) in [6, 6.07) is 0. The molecule has 5 heteroatoms. The molecule has 0 aliphatic rings. The molecule has 15 heavy (non-hydrogen) atoms. The largest absolute Gasteiger partial charge is 0.442 e. The fourth-order valence-corrected chi connectivity index (χ4v) is 1.28. The highest BCUT2D eigenvalue weighted by atomic mass is 16.6. The van der Waals surface area contributed by atoms with Gasteiger partial charge in [0.25, 0.3) is 0 Å². The van der Waals surface area contributed by atoms with E-state index in [4.69, 9.17) is 10.5 Å². The number of nitrogens with two attached hydrogens (primary N) is 1. The Morgan fingerprint density at radius 1 is 1.47 bits per heavy atom. The van der Waals surface area contributed by atoms with Gasteiger partial charge in [-0.05, 0) is 19.8 Å². The Labute approximate surface area is 90.4 Å². The number of carbonyl (C=O) groups is 2. The Bertz CT molecular complexity index is 231. The lowest BCUT2D eigenvalue weighted by atomic mass is 9.99. The van der Waals surface area contributed by atoms with Crippen molar-refractivity contribution in [2.24, 2.45) is 5.73 Å². The zero-order valence-electron chi connectivity index (χ0n) is 9.63. The zero-order chi connectivity index (χ0) is 11.9. The molecule has 2 amide bonds. The summed E-state index contributed by atoms with van der Waals surface area (Å²) in [6.07, 6.45) is 1.80. The molecule has 0 aromatic heterocycles. The predicted octanol–water partition coefficient (Wildman–Crippen LogP) is 1.17. The average molecular weight is 216 g/mol. The van der Waals surface area contributed by atoms with Crippen molar-refractivity contribution >= 4 is 12.0 Å². The molecule has 0 rings (SSSR count). The van der Waals surface area contributed by atoms with Crippen molar-refractivity contribution < 1.29 is 14.3 Å². The summed E-state index contributed by atoms with van der Waals surface area (Å²) in [5.74, 6) is -0.147. The normalized spacial score (nSPS) is 14.1. The number of amides is 2. The molecule has 0 saturated carbocycles. The molecule has 1 unspecified atom stereocenters. The number of unbranched alkanes of at least 4 members (excludes halogenated alkanes) is 1. The van der Waals surface area contributed by atoms with Gasteiger partial charge in [0.2, 0.25) is 5.91 Å². The van der Waals surface area contributed by atoms with E-state index in [1.165, 1.54) is 6.92 Å². The van der Waals surface area contributed by atoms with Gasteiger partial charge in [0.15, 0.2) is 0 Å². The van der Waals surface area contributed by atoms with Gasteiger partial charge in [0.1, 0.15) is 5.60 Å². The lowest BCUT2D eigenvalue weighted by Crippen LogP contribution is -2.44. The van der Waals surface area contributed by atoms with E-state index in [0.29, 0.717) is 13.0 Å². The maximum atomic E-state index is 10.8. The van der Waals surface area contributed by atoms with Crippen LogP contribution in [-0.2, 0) is 9.53 Å². The van der Waals surface area contributed by atoms with E-state index in [-0.39, 0.29) is 5.91 Å². The summed E-state index contributed by atoms with van der Waals surface area (Å²) in [5, 5.41) is 2.63. The topological polar surface area (TPSA) is 81.4 Å². The molecule has 0 heterocycles. The third-order valence-corrected chi connectivity index (χ3v) is 2.12. The summed E-state index contributed by atoms with van der Waals surface area (Å²) in [4.78, 5) is 21.5. The van der Waals surface area contributed by atoms with E-state index in [1.807, 2.05) is 6.92 Å². The Morgan fingerprint density at radius 3 is 2.47 bits per heavy atom. The van der Waals surface area contributed by atoms with Crippen LogP contribution in [0.5, 0.6) is 0 Å². The van der Waals surface area contributed by atoms with Crippen molar-refractivity contribution in [3.05, 3.63) is 0 Å². The molecule has 0 aliphatic heterocycles. The number of primary amides is 1. The molecular formula is C10H20N2O3. The number of nitrogens with one attached hydrogen (secondary N) is 1. The van der Waals surface area contributed by atoms with Crippen LogP contribution in [0.1, 0.15) is 40.0 Å². The van der Waals surface area contributed by atoms with Crippen molar-refractivity contribution in [2.45, 2.75) is 45.6 Å². The molecule has 0 aliphatic carbocycles. The zero-order valence-corrected chi connectivity index (χ0v) is 9.63. The van der Waals surface area contributed by atoms with Gasteiger partial charge in [-0.3, -0.25) is 4.79 Å². The van der Waals surface area contributed by atoms with E-state index >= 15 is 0 Å². The summed E-state index contributed by atoms with van der Waals surface area (Å²) in [6.45, 7) is 5.53. The van der Waals surface area contributed by atoms with Gasteiger partial charge in [-0.2, -0.15) is 0 Å². The first-order valence-corrected chi connectivity index (χ1v) is 5.12. The van der Waals surface area contributed by atoms with Crippen LogP contribution in [0, 0.1) is 0 Å². The van der Waals surface area contributed by atoms with E-state index in [1.54, 1.807) is 6.92 Å². The second kappa shape index (κ2) is 6.27. The number of ether oxygens (including phenoxy) is 1. The highest BCUT2D eigenvalue weighted by Gasteiger charge is 2.27. The van der Waals surface area contributed by atoms with Crippen molar-refractivity contribution in [3.8, 4) is 0 Å². The molecule has 3 N–H and O–H groups in total. The van der Waals surface area contributed by atoms with Crippen LogP contribution in [0.4, 0.5) is 4.79 Å². The van der Waals surface area contributed by atoms with Crippen LogP contribution in [0.2, 0.25) is 0 Å². The standard InChI is InChI=1S/C10H20N2O3/c1-4-5-6-10(3,15-9(11)14)7-12-8(2)13/h4-7H2,1-3H3,(H2,11,14)(H,12,13). The van der Waals surface area contributed by atoms with Gasteiger partial charge in [0.05, 0.1) is 6.54 Å². The second-order valence-corrected chi connectivity index (χ2v) is 3.88. The van der Waals surface area contributed by atoms with Crippen molar-refractivity contribution in [1.29, 1.82) is 0 Å². The monoisotopic (exact) mass is 216 g/mol. The van der Waals surface area contributed by atoms with Crippen molar-refractivity contribution in [2.75, 3.05) is 6.54 Å². The maximum absolute atomic E-state index is 10.8. The van der Waals surface area contributed by atoms with Gasteiger partial charge in [-0.25, -0.2) is 4.79 Å². The second-order valence-electron chi connectivity index (χ2n) is 3.88. The van der Waals surface area contributed by atoms with Crippen molar-refractivity contribution in [1.82, 2.24) is 5.32 Å². The minimum absolute atomic E-state index is 0.147. The van der Waals surface area contributed by atoms with Crippen LogP contribution in [0.25, 0.3) is 0 Å². The smallest absolute Gasteiger partial charge is 0.405 e. The van der Waals surface area contributed by atoms with Gasteiger partial charge in [-0.1, -0.05) is 13.3 Å². The highest BCUT2D eigenvalue weighted by molar-refractivity contribution is 5.73. The molecule has 0 spiro atoms. The first-order chi connectivity index (χ1) is 6.89. The lowest BCUT2D eigenvalue weighted by Gasteiger charge is -2.28. The number of hydrogen-bond donors (Lipinski definition) is 2. The molecule has 1 atom stereocenters. The number of rotatable bonds is 6. The Kier molecular flexibility index (Phi) is 5.74. The summed E-state index contributed by atoms with van der Waals surface area (Å²) < 4.78 is 5.01. The summed E-state index contributed by atoms with van der Waals surface area (Å²) in [5.41, 5.74) is 4.28. The minimum atomic E-state index is -0.807. The van der Waals surface area contributed by atoms with Gasteiger partial charge in [0, 0.05) is 6.92 Å². The van der Waals surface area contributed by atoms with Crippen LogP contribution in [-0.4, -0.2) is 24.1 Å². The van der Waals surface area contributed by atoms with E-state index in [0.717, 1.165) is 12.8 Å². The molecule has 0 bridgehead atoms. The van der Waals surface area contributed by atoms with Crippen molar-refractivity contribution in [3.63, 3.8) is 0 Å². The fraction of sp³-hybridized carbons (Fsp3) is 0.800. The molecule has 0 saturated heterocycles. The predicted molar refractivity (Wildman–Crippen MR) is 57.3 cm³/mol. The van der Waals surface area contributed by atoms with Gasteiger partial charge >= 0.3 is 6.09 Å². The summed E-state index contributed by atoms with van der Waals surface area (Å²) >= 11 is 0. The Hall–Kier alpha value is -1.26. The van der Waals surface area contributed by atoms with Crippen LogP contribution in [0.3, 0.4) is 0 Å². The lowest BCUT2D eigenvalue weighted by molar-refractivity contribution is -0.120. The molecule has 5 nitrogen and oxygen atoms in total. The highest BCUT2D eigenvalue weighted by Crippen LogP contribution is 2.17.